The number of thiazole rings is 1. The minimum atomic E-state index is 0.906. The van der Waals surface area contributed by atoms with E-state index in [1.165, 1.54) is 41.5 Å². The molecule has 2 rings (SSSR count). The summed E-state index contributed by atoms with van der Waals surface area (Å²) in [5.41, 5.74) is 1.29. The standard InChI is InChI=1S/C14H25N3S/c1-4-12-13(9-15-3)18-14(16-12)10-17-7-5-11(2)6-8-17/h11,15H,4-10H2,1-3H3. The summed E-state index contributed by atoms with van der Waals surface area (Å²) in [7, 11) is 2.00. The van der Waals surface area contributed by atoms with E-state index in [1.54, 1.807) is 0 Å². The van der Waals surface area contributed by atoms with Gasteiger partial charge < -0.3 is 5.32 Å². The summed E-state index contributed by atoms with van der Waals surface area (Å²) in [6, 6.07) is 0. The molecule has 1 saturated heterocycles. The normalized spacial score (nSPS) is 18.4. The molecule has 0 amide bonds. The molecule has 0 aliphatic carbocycles. The highest BCUT2D eigenvalue weighted by atomic mass is 32.1. The zero-order valence-electron chi connectivity index (χ0n) is 11.8. The van der Waals surface area contributed by atoms with Crippen molar-refractivity contribution in [3.63, 3.8) is 0 Å². The van der Waals surface area contributed by atoms with Crippen molar-refractivity contribution in [1.29, 1.82) is 0 Å². The van der Waals surface area contributed by atoms with Crippen LogP contribution in [0.5, 0.6) is 0 Å². The van der Waals surface area contributed by atoms with Crippen LogP contribution in [-0.4, -0.2) is 30.0 Å². The number of aryl methyl sites for hydroxylation is 1. The van der Waals surface area contributed by atoms with Crippen molar-refractivity contribution in [3.05, 3.63) is 15.6 Å². The molecule has 0 saturated carbocycles. The quantitative estimate of drug-likeness (QED) is 0.889. The van der Waals surface area contributed by atoms with Gasteiger partial charge in [-0.15, -0.1) is 11.3 Å². The molecule has 18 heavy (non-hydrogen) atoms. The van der Waals surface area contributed by atoms with Crippen molar-refractivity contribution in [2.24, 2.45) is 5.92 Å². The van der Waals surface area contributed by atoms with Gasteiger partial charge in [0.1, 0.15) is 5.01 Å². The van der Waals surface area contributed by atoms with Gasteiger partial charge in [0.15, 0.2) is 0 Å². The van der Waals surface area contributed by atoms with Gasteiger partial charge in [-0.05, 0) is 45.3 Å². The zero-order valence-corrected chi connectivity index (χ0v) is 12.6. The molecule has 0 aromatic carbocycles. The average Bonchev–Trinajstić information content (AvgIpc) is 2.75. The third-order valence-electron chi connectivity index (χ3n) is 3.73. The predicted octanol–water partition coefficient (Wildman–Crippen LogP) is 2.66. The summed E-state index contributed by atoms with van der Waals surface area (Å²) in [5, 5.41) is 4.54. The van der Waals surface area contributed by atoms with Crippen LogP contribution in [0.3, 0.4) is 0 Å². The van der Waals surface area contributed by atoms with Crippen LogP contribution in [0.4, 0.5) is 0 Å². The molecule has 2 heterocycles. The first-order chi connectivity index (χ1) is 8.72. The predicted molar refractivity (Wildman–Crippen MR) is 77.9 cm³/mol. The van der Waals surface area contributed by atoms with Crippen molar-refractivity contribution < 1.29 is 0 Å². The fraction of sp³-hybridized carbons (Fsp3) is 0.786. The maximum atomic E-state index is 4.80. The highest BCUT2D eigenvalue weighted by molar-refractivity contribution is 7.11. The van der Waals surface area contributed by atoms with Crippen LogP contribution in [-0.2, 0) is 19.5 Å². The Labute approximate surface area is 115 Å². The molecular formula is C14H25N3S. The lowest BCUT2D eigenvalue weighted by atomic mass is 9.99. The van der Waals surface area contributed by atoms with Crippen molar-refractivity contribution in [1.82, 2.24) is 15.2 Å². The van der Waals surface area contributed by atoms with E-state index in [9.17, 15) is 0 Å². The average molecular weight is 267 g/mol. The lowest BCUT2D eigenvalue weighted by molar-refractivity contribution is 0.185. The topological polar surface area (TPSA) is 28.2 Å². The molecule has 4 heteroatoms. The second kappa shape index (κ2) is 6.64. The van der Waals surface area contributed by atoms with E-state index in [0.29, 0.717) is 0 Å². The Morgan fingerprint density at radius 3 is 2.72 bits per heavy atom. The number of hydrogen-bond donors (Lipinski definition) is 1. The van der Waals surface area contributed by atoms with Gasteiger partial charge in [-0.1, -0.05) is 13.8 Å². The smallest absolute Gasteiger partial charge is 0.107 e. The number of rotatable bonds is 5. The number of nitrogens with zero attached hydrogens (tertiary/aromatic N) is 2. The van der Waals surface area contributed by atoms with Gasteiger partial charge >= 0.3 is 0 Å². The van der Waals surface area contributed by atoms with Gasteiger partial charge in [-0.3, -0.25) is 4.90 Å². The third kappa shape index (κ3) is 3.53. The van der Waals surface area contributed by atoms with Gasteiger partial charge in [0.05, 0.1) is 12.2 Å². The first kappa shape index (κ1) is 14.0. The van der Waals surface area contributed by atoms with Gasteiger partial charge in [0.2, 0.25) is 0 Å². The first-order valence-corrected chi connectivity index (χ1v) is 7.89. The Bertz CT molecular complexity index is 367. The van der Waals surface area contributed by atoms with E-state index in [2.05, 4.69) is 24.1 Å². The van der Waals surface area contributed by atoms with Gasteiger partial charge in [-0.2, -0.15) is 0 Å². The van der Waals surface area contributed by atoms with Crippen LogP contribution in [0.15, 0.2) is 0 Å². The first-order valence-electron chi connectivity index (χ1n) is 7.07. The molecule has 1 aliphatic heterocycles. The molecule has 1 fully saturated rings. The molecule has 3 nitrogen and oxygen atoms in total. The molecule has 1 N–H and O–H groups in total. The van der Waals surface area contributed by atoms with Crippen LogP contribution in [0.1, 0.15) is 42.3 Å². The summed E-state index contributed by atoms with van der Waals surface area (Å²) < 4.78 is 0. The Hall–Kier alpha value is -0.450. The molecule has 1 aromatic rings. The monoisotopic (exact) mass is 267 g/mol. The lowest BCUT2D eigenvalue weighted by Gasteiger charge is -2.29. The van der Waals surface area contributed by atoms with Crippen LogP contribution >= 0.6 is 11.3 Å². The Balaban J connectivity index is 1.96. The van der Waals surface area contributed by atoms with Crippen molar-refractivity contribution in [3.8, 4) is 0 Å². The molecule has 0 spiro atoms. The third-order valence-corrected chi connectivity index (χ3v) is 4.81. The highest BCUT2D eigenvalue weighted by Crippen LogP contribution is 2.23. The maximum absolute atomic E-state index is 4.80. The van der Waals surface area contributed by atoms with Crippen molar-refractivity contribution >= 4 is 11.3 Å². The second-order valence-corrected chi connectivity index (χ2v) is 6.49. The Morgan fingerprint density at radius 1 is 1.39 bits per heavy atom. The summed E-state index contributed by atoms with van der Waals surface area (Å²) in [6.45, 7) is 9.04. The van der Waals surface area contributed by atoms with Crippen LogP contribution in [0, 0.1) is 5.92 Å². The fourth-order valence-electron chi connectivity index (χ4n) is 2.49. The molecule has 102 valence electrons. The summed E-state index contributed by atoms with van der Waals surface area (Å²) in [4.78, 5) is 8.77. The molecule has 0 radical (unpaired) electrons. The minimum absolute atomic E-state index is 0.906. The number of likely N-dealkylation sites (tertiary alicyclic amines) is 1. The van der Waals surface area contributed by atoms with Gasteiger partial charge in [0.25, 0.3) is 0 Å². The summed E-state index contributed by atoms with van der Waals surface area (Å²) in [5.74, 6) is 0.906. The molecule has 0 unspecified atom stereocenters. The number of nitrogens with one attached hydrogen (secondary N) is 1. The molecule has 0 bridgehead atoms. The second-order valence-electron chi connectivity index (χ2n) is 5.32. The van der Waals surface area contributed by atoms with Gasteiger partial charge in [0, 0.05) is 11.4 Å². The maximum Gasteiger partial charge on any atom is 0.107 e. The number of hydrogen-bond acceptors (Lipinski definition) is 4. The zero-order chi connectivity index (χ0) is 13.0. The van der Waals surface area contributed by atoms with Crippen LogP contribution in [0.2, 0.25) is 0 Å². The summed E-state index contributed by atoms with van der Waals surface area (Å²) in [6.07, 6.45) is 3.73. The molecule has 1 aromatic heterocycles. The van der Waals surface area contributed by atoms with E-state index < -0.39 is 0 Å². The van der Waals surface area contributed by atoms with Crippen LogP contribution < -0.4 is 5.32 Å². The van der Waals surface area contributed by atoms with E-state index in [0.717, 1.165) is 25.4 Å². The van der Waals surface area contributed by atoms with E-state index >= 15 is 0 Å². The molecule has 1 aliphatic rings. The number of piperidine rings is 1. The SMILES string of the molecule is CCc1nc(CN2CCC(C)CC2)sc1CNC. The molecular weight excluding hydrogens is 242 g/mol. The fourth-order valence-corrected chi connectivity index (χ4v) is 3.70. The number of aromatic nitrogens is 1. The van der Waals surface area contributed by atoms with E-state index in [-0.39, 0.29) is 0 Å². The molecule has 0 atom stereocenters. The summed E-state index contributed by atoms with van der Waals surface area (Å²) >= 11 is 1.89. The Morgan fingerprint density at radius 2 is 2.11 bits per heavy atom. The van der Waals surface area contributed by atoms with Crippen LogP contribution in [0.25, 0.3) is 0 Å². The van der Waals surface area contributed by atoms with E-state index in [4.69, 9.17) is 4.98 Å². The Kier molecular flexibility index (Phi) is 5.15. The van der Waals surface area contributed by atoms with E-state index in [1.807, 2.05) is 18.4 Å². The largest absolute Gasteiger partial charge is 0.315 e. The van der Waals surface area contributed by atoms with Gasteiger partial charge in [-0.25, -0.2) is 4.98 Å². The lowest BCUT2D eigenvalue weighted by Crippen LogP contribution is -2.32. The van der Waals surface area contributed by atoms with Crippen molar-refractivity contribution in [2.75, 3.05) is 20.1 Å². The van der Waals surface area contributed by atoms with Crippen molar-refractivity contribution in [2.45, 2.75) is 46.2 Å². The highest BCUT2D eigenvalue weighted by Gasteiger charge is 2.18. The minimum Gasteiger partial charge on any atom is -0.315 e.